The van der Waals surface area contributed by atoms with Crippen molar-refractivity contribution in [3.05, 3.63) is 0 Å². The Morgan fingerprint density at radius 1 is 1.44 bits per heavy atom. The number of likely N-dealkylation sites (N-methyl/N-ethyl adjacent to an activating group) is 1. The van der Waals surface area contributed by atoms with Gasteiger partial charge in [0.15, 0.2) is 0 Å². The molecule has 2 aliphatic heterocycles. The van der Waals surface area contributed by atoms with E-state index in [4.69, 9.17) is 15.2 Å². The summed E-state index contributed by atoms with van der Waals surface area (Å²) in [5, 5.41) is 0. The van der Waals surface area contributed by atoms with E-state index in [1.807, 2.05) is 0 Å². The molecule has 2 rings (SSSR count). The summed E-state index contributed by atoms with van der Waals surface area (Å²) in [4.78, 5) is 2.41. The maximum Gasteiger partial charge on any atom is 0.0702 e. The molecule has 0 radical (unpaired) electrons. The zero-order valence-electron chi connectivity index (χ0n) is 10.3. The molecule has 0 bridgehead atoms. The number of ether oxygens (including phenoxy) is 2. The van der Waals surface area contributed by atoms with Crippen molar-refractivity contribution in [2.45, 2.75) is 37.8 Å². The van der Waals surface area contributed by atoms with Crippen LogP contribution in [0.25, 0.3) is 0 Å². The molecule has 2 N–H and O–H groups in total. The molecule has 4 nitrogen and oxygen atoms in total. The Hall–Kier alpha value is -0.160. The Kier molecular flexibility index (Phi) is 4.19. The molecular formula is C12H24N2O2. The third-order valence-electron chi connectivity index (χ3n) is 3.61. The molecule has 0 aliphatic carbocycles. The topological polar surface area (TPSA) is 47.7 Å². The Balaban J connectivity index is 1.79. The molecule has 2 fully saturated rings. The van der Waals surface area contributed by atoms with Crippen molar-refractivity contribution >= 4 is 0 Å². The zero-order valence-corrected chi connectivity index (χ0v) is 10.3. The summed E-state index contributed by atoms with van der Waals surface area (Å²) in [6.45, 7) is 7.63. The van der Waals surface area contributed by atoms with Crippen molar-refractivity contribution < 1.29 is 9.47 Å². The molecular weight excluding hydrogens is 204 g/mol. The first-order valence-corrected chi connectivity index (χ1v) is 6.42. The van der Waals surface area contributed by atoms with Crippen LogP contribution < -0.4 is 5.73 Å². The third-order valence-corrected chi connectivity index (χ3v) is 3.61. The van der Waals surface area contributed by atoms with Gasteiger partial charge in [0.1, 0.15) is 0 Å². The Labute approximate surface area is 98.1 Å². The molecule has 0 aromatic heterocycles. The number of nitrogens with two attached hydrogens (primary N) is 1. The van der Waals surface area contributed by atoms with E-state index in [-0.39, 0.29) is 5.54 Å². The van der Waals surface area contributed by atoms with Gasteiger partial charge in [-0.25, -0.2) is 0 Å². The first-order valence-electron chi connectivity index (χ1n) is 6.42. The minimum Gasteiger partial charge on any atom is -0.379 e. The van der Waals surface area contributed by atoms with Crippen LogP contribution in [0.5, 0.6) is 0 Å². The van der Waals surface area contributed by atoms with Crippen molar-refractivity contribution in [3.63, 3.8) is 0 Å². The third kappa shape index (κ3) is 3.17. The van der Waals surface area contributed by atoms with Crippen molar-refractivity contribution in [1.29, 1.82) is 0 Å². The summed E-state index contributed by atoms with van der Waals surface area (Å²) < 4.78 is 11.1. The van der Waals surface area contributed by atoms with Crippen LogP contribution >= 0.6 is 0 Å². The van der Waals surface area contributed by atoms with Crippen LogP contribution in [0.2, 0.25) is 0 Å². The van der Waals surface area contributed by atoms with Gasteiger partial charge in [0, 0.05) is 26.3 Å². The Bertz CT molecular complexity index is 211. The lowest BCUT2D eigenvalue weighted by Gasteiger charge is -2.31. The van der Waals surface area contributed by atoms with E-state index in [2.05, 4.69) is 11.8 Å². The van der Waals surface area contributed by atoms with E-state index < -0.39 is 0 Å². The summed E-state index contributed by atoms with van der Waals surface area (Å²) in [5.74, 6) is 0. The monoisotopic (exact) mass is 228 g/mol. The second-order valence-electron chi connectivity index (χ2n) is 5.13. The van der Waals surface area contributed by atoms with E-state index in [1.54, 1.807) is 0 Å². The highest BCUT2D eigenvalue weighted by Gasteiger charge is 2.33. The molecule has 16 heavy (non-hydrogen) atoms. The summed E-state index contributed by atoms with van der Waals surface area (Å²) >= 11 is 0. The molecule has 2 saturated heterocycles. The summed E-state index contributed by atoms with van der Waals surface area (Å²) in [5.41, 5.74) is 6.17. The van der Waals surface area contributed by atoms with E-state index in [0.717, 1.165) is 39.3 Å². The van der Waals surface area contributed by atoms with E-state index in [0.29, 0.717) is 12.7 Å². The number of hydrogen-bond acceptors (Lipinski definition) is 4. The fourth-order valence-corrected chi connectivity index (χ4v) is 2.57. The van der Waals surface area contributed by atoms with Crippen molar-refractivity contribution in [3.8, 4) is 0 Å². The second-order valence-corrected chi connectivity index (χ2v) is 5.13. The number of nitrogens with zero attached hydrogens (tertiary/aromatic N) is 1. The highest BCUT2D eigenvalue weighted by molar-refractivity contribution is 4.91. The fourth-order valence-electron chi connectivity index (χ4n) is 2.57. The normalized spacial score (nSPS) is 35.1. The quantitative estimate of drug-likeness (QED) is 0.749. The van der Waals surface area contributed by atoms with E-state index in [1.165, 1.54) is 12.8 Å². The maximum atomic E-state index is 6.30. The van der Waals surface area contributed by atoms with Crippen LogP contribution in [0.4, 0.5) is 0 Å². The Morgan fingerprint density at radius 3 is 2.88 bits per heavy atom. The molecule has 2 atom stereocenters. The SMILES string of the molecule is CCN(CC1CCCO1)CC1(N)CCOC1. The van der Waals surface area contributed by atoms with E-state index in [9.17, 15) is 0 Å². The van der Waals surface area contributed by atoms with Gasteiger partial charge < -0.3 is 15.2 Å². The summed E-state index contributed by atoms with van der Waals surface area (Å²) in [7, 11) is 0. The molecule has 94 valence electrons. The van der Waals surface area contributed by atoms with Crippen LogP contribution in [0.15, 0.2) is 0 Å². The maximum absolute atomic E-state index is 6.30. The van der Waals surface area contributed by atoms with Gasteiger partial charge in [0.25, 0.3) is 0 Å². The average molecular weight is 228 g/mol. The van der Waals surface area contributed by atoms with Gasteiger partial charge in [-0.1, -0.05) is 6.92 Å². The minimum absolute atomic E-state index is 0.130. The van der Waals surface area contributed by atoms with Gasteiger partial charge in [-0.05, 0) is 25.8 Å². The first kappa shape index (κ1) is 12.3. The van der Waals surface area contributed by atoms with Crippen LogP contribution in [-0.4, -0.2) is 56.0 Å². The van der Waals surface area contributed by atoms with Crippen LogP contribution in [0.1, 0.15) is 26.2 Å². The van der Waals surface area contributed by atoms with Crippen LogP contribution in [-0.2, 0) is 9.47 Å². The average Bonchev–Trinajstić information content (AvgIpc) is 2.89. The second kappa shape index (κ2) is 5.45. The van der Waals surface area contributed by atoms with Gasteiger partial charge >= 0.3 is 0 Å². The molecule has 0 aromatic carbocycles. The lowest BCUT2D eigenvalue weighted by Crippen LogP contribution is -2.52. The molecule has 2 unspecified atom stereocenters. The first-order chi connectivity index (χ1) is 7.72. The zero-order chi connectivity index (χ0) is 11.4. The highest BCUT2D eigenvalue weighted by Crippen LogP contribution is 2.19. The van der Waals surface area contributed by atoms with Crippen LogP contribution in [0, 0.1) is 0 Å². The highest BCUT2D eigenvalue weighted by atomic mass is 16.5. The van der Waals surface area contributed by atoms with Gasteiger partial charge in [0.2, 0.25) is 0 Å². The van der Waals surface area contributed by atoms with E-state index >= 15 is 0 Å². The molecule has 0 amide bonds. The standard InChI is InChI=1S/C12H24N2O2/c1-2-14(8-11-4-3-6-16-11)9-12(13)5-7-15-10-12/h11H,2-10,13H2,1H3. The molecule has 0 spiro atoms. The van der Waals surface area contributed by atoms with Gasteiger partial charge in [0.05, 0.1) is 18.2 Å². The van der Waals surface area contributed by atoms with Crippen molar-refractivity contribution in [1.82, 2.24) is 4.90 Å². The minimum atomic E-state index is -0.130. The molecule has 0 aromatic rings. The van der Waals surface area contributed by atoms with Crippen molar-refractivity contribution in [2.24, 2.45) is 5.73 Å². The predicted octanol–water partition coefficient (Wildman–Crippen LogP) is 0.605. The smallest absolute Gasteiger partial charge is 0.0702 e. The predicted molar refractivity (Wildman–Crippen MR) is 63.4 cm³/mol. The number of hydrogen-bond donors (Lipinski definition) is 1. The Morgan fingerprint density at radius 2 is 2.31 bits per heavy atom. The number of rotatable bonds is 5. The van der Waals surface area contributed by atoms with Gasteiger partial charge in [-0.2, -0.15) is 0 Å². The molecule has 2 aliphatic rings. The summed E-state index contributed by atoms with van der Waals surface area (Å²) in [6.07, 6.45) is 3.81. The molecule has 0 saturated carbocycles. The molecule has 4 heteroatoms. The lowest BCUT2D eigenvalue weighted by atomic mass is 9.99. The molecule has 2 heterocycles. The summed E-state index contributed by atoms with van der Waals surface area (Å²) in [6, 6.07) is 0. The fraction of sp³-hybridized carbons (Fsp3) is 1.00. The lowest BCUT2D eigenvalue weighted by molar-refractivity contribution is 0.0647. The van der Waals surface area contributed by atoms with Crippen LogP contribution in [0.3, 0.4) is 0 Å². The van der Waals surface area contributed by atoms with Gasteiger partial charge in [-0.15, -0.1) is 0 Å². The van der Waals surface area contributed by atoms with Gasteiger partial charge in [-0.3, -0.25) is 4.90 Å². The largest absolute Gasteiger partial charge is 0.379 e. The van der Waals surface area contributed by atoms with Crippen molar-refractivity contribution in [2.75, 3.05) is 39.5 Å².